The molecule has 24 heavy (non-hydrogen) atoms. The molecule has 1 N–H and O–H groups in total. The summed E-state index contributed by atoms with van der Waals surface area (Å²) in [4.78, 5) is 6.61. The smallest absolute Gasteiger partial charge is 0.194 e. The summed E-state index contributed by atoms with van der Waals surface area (Å²) < 4.78 is 15.2. The van der Waals surface area contributed by atoms with Crippen molar-refractivity contribution >= 4 is 29.9 Å². The average Bonchev–Trinajstić information content (AvgIpc) is 2.92. The maximum Gasteiger partial charge on any atom is 0.194 e. The summed E-state index contributed by atoms with van der Waals surface area (Å²) >= 11 is 0. The zero-order valence-corrected chi connectivity index (χ0v) is 16.7. The van der Waals surface area contributed by atoms with E-state index in [1.807, 2.05) is 48.9 Å². The van der Waals surface area contributed by atoms with E-state index in [2.05, 4.69) is 15.4 Å². The highest BCUT2D eigenvalue weighted by molar-refractivity contribution is 14.0. The second-order valence-corrected chi connectivity index (χ2v) is 5.50. The summed E-state index contributed by atoms with van der Waals surface area (Å²) in [5, 5.41) is 7.51. The van der Waals surface area contributed by atoms with Gasteiger partial charge in [0.1, 0.15) is 5.82 Å². The lowest BCUT2D eigenvalue weighted by Crippen LogP contribution is -2.38. The summed E-state index contributed by atoms with van der Waals surface area (Å²) in [5.41, 5.74) is 2.06. The largest absolute Gasteiger partial charge is 0.357 e. The van der Waals surface area contributed by atoms with Crippen LogP contribution in [0.2, 0.25) is 0 Å². The van der Waals surface area contributed by atoms with Gasteiger partial charge < -0.3 is 10.2 Å². The second kappa shape index (κ2) is 10.3. The molecule has 0 aliphatic heterocycles. The molecule has 1 aromatic heterocycles. The molecule has 1 aromatic carbocycles. The summed E-state index contributed by atoms with van der Waals surface area (Å²) in [5.74, 6) is 0.590. The van der Waals surface area contributed by atoms with Gasteiger partial charge in [0.05, 0.1) is 19.3 Å². The second-order valence-electron chi connectivity index (χ2n) is 5.50. The molecule has 0 aliphatic carbocycles. The van der Waals surface area contributed by atoms with Gasteiger partial charge in [0.15, 0.2) is 5.96 Å². The summed E-state index contributed by atoms with van der Waals surface area (Å²) in [6.07, 6.45) is 3.84. The Labute approximate surface area is 160 Å². The predicted octanol–water partition coefficient (Wildman–Crippen LogP) is 3.05. The number of benzene rings is 1. The molecule has 2 rings (SSSR count). The zero-order chi connectivity index (χ0) is 16.7. The minimum Gasteiger partial charge on any atom is -0.357 e. The van der Waals surface area contributed by atoms with E-state index in [0.29, 0.717) is 13.1 Å². The Bertz CT molecular complexity index is 656. The highest BCUT2D eigenvalue weighted by Crippen LogP contribution is 2.06. The number of aliphatic imine (C=N–C) groups is 1. The fourth-order valence-corrected chi connectivity index (χ4v) is 2.30. The molecule has 0 bridgehead atoms. The van der Waals surface area contributed by atoms with E-state index in [4.69, 9.17) is 0 Å². The van der Waals surface area contributed by atoms with Gasteiger partial charge in [-0.15, -0.1) is 24.0 Å². The van der Waals surface area contributed by atoms with Crippen molar-refractivity contribution < 1.29 is 4.39 Å². The van der Waals surface area contributed by atoms with Crippen LogP contribution in [0.4, 0.5) is 4.39 Å². The average molecular weight is 445 g/mol. The lowest BCUT2D eigenvalue weighted by Gasteiger charge is -2.22. The Morgan fingerprint density at radius 3 is 2.83 bits per heavy atom. The molecule has 7 heteroatoms. The molecule has 0 amide bonds. The van der Waals surface area contributed by atoms with Crippen LogP contribution in [0.15, 0.2) is 41.7 Å². The molecule has 0 fully saturated rings. The highest BCUT2D eigenvalue weighted by atomic mass is 127. The maximum absolute atomic E-state index is 13.3. The lowest BCUT2D eigenvalue weighted by molar-refractivity contribution is 0.473. The van der Waals surface area contributed by atoms with Crippen LogP contribution in [0.25, 0.3) is 0 Å². The number of aryl methyl sites for hydroxylation is 1. The molecule has 0 saturated heterocycles. The van der Waals surface area contributed by atoms with Gasteiger partial charge in [-0.2, -0.15) is 5.10 Å². The minimum atomic E-state index is -0.216. The van der Waals surface area contributed by atoms with Crippen LogP contribution >= 0.6 is 24.0 Å². The summed E-state index contributed by atoms with van der Waals surface area (Å²) in [6.45, 7) is 6.80. The van der Waals surface area contributed by atoms with Crippen LogP contribution < -0.4 is 5.32 Å². The number of guanidine groups is 1. The van der Waals surface area contributed by atoms with Crippen molar-refractivity contribution in [2.75, 3.05) is 20.1 Å². The predicted molar refractivity (Wildman–Crippen MR) is 106 cm³/mol. The SMILES string of the molecule is CCNC(=NCCn1cc(C)cn1)N(C)Cc1cccc(F)c1.I. The number of rotatable bonds is 6. The van der Waals surface area contributed by atoms with Gasteiger partial charge in [-0.1, -0.05) is 12.1 Å². The van der Waals surface area contributed by atoms with E-state index in [9.17, 15) is 4.39 Å². The van der Waals surface area contributed by atoms with E-state index in [0.717, 1.165) is 30.2 Å². The zero-order valence-electron chi connectivity index (χ0n) is 14.4. The van der Waals surface area contributed by atoms with Crippen molar-refractivity contribution in [2.24, 2.45) is 4.99 Å². The first-order valence-corrected chi connectivity index (χ1v) is 7.81. The van der Waals surface area contributed by atoms with E-state index in [1.54, 1.807) is 12.1 Å². The van der Waals surface area contributed by atoms with Crippen LogP contribution in [0, 0.1) is 12.7 Å². The van der Waals surface area contributed by atoms with Crippen LogP contribution in [-0.2, 0) is 13.1 Å². The molecule has 0 aliphatic rings. The molecule has 0 atom stereocenters. The van der Waals surface area contributed by atoms with Gasteiger partial charge in [0, 0.05) is 26.3 Å². The van der Waals surface area contributed by atoms with E-state index >= 15 is 0 Å². The van der Waals surface area contributed by atoms with Crippen molar-refractivity contribution in [1.82, 2.24) is 20.0 Å². The standard InChI is InChI=1S/C17H24FN5.HI/c1-4-19-17(20-8-9-23-12-14(2)11-21-23)22(3)13-15-6-5-7-16(18)10-15;/h5-7,10-12H,4,8-9,13H2,1-3H3,(H,19,20);1H. The number of halogens is 2. The highest BCUT2D eigenvalue weighted by Gasteiger charge is 2.07. The molecule has 2 aromatic rings. The van der Waals surface area contributed by atoms with Crippen molar-refractivity contribution in [3.05, 3.63) is 53.6 Å². The Kier molecular flexibility index (Phi) is 8.73. The normalized spacial score (nSPS) is 11.1. The number of nitrogens with one attached hydrogen (secondary N) is 1. The van der Waals surface area contributed by atoms with Gasteiger partial charge in [-0.05, 0) is 37.1 Å². The van der Waals surface area contributed by atoms with Crippen LogP contribution in [0.1, 0.15) is 18.1 Å². The fourth-order valence-electron chi connectivity index (χ4n) is 2.30. The molecule has 5 nitrogen and oxygen atoms in total. The Morgan fingerprint density at radius 2 is 2.21 bits per heavy atom. The Morgan fingerprint density at radius 1 is 1.42 bits per heavy atom. The number of nitrogens with zero attached hydrogens (tertiary/aromatic N) is 4. The first-order chi connectivity index (χ1) is 11.1. The maximum atomic E-state index is 13.3. The number of hydrogen-bond donors (Lipinski definition) is 1. The van der Waals surface area contributed by atoms with Crippen molar-refractivity contribution in [1.29, 1.82) is 0 Å². The van der Waals surface area contributed by atoms with Gasteiger partial charge in [-0.3, -0.25) is 9.67 Å². The quantitative estimate of drug-likeness (QED) is 0.423. The Hall–Kier alpha value is -1.64. The number of aromatic nitrogens is 2. The van der Waals surface area contributed by atoms with Crippen LogP contribution in [0.3, 0.4) is 0 Å². The van der Waals surface area contributed by atoms with Gasteiger partial charge >= 0.3 is 0 Å². The molecular weight excluding hydrogens is 420 g/mol. The summed E-state index contributed by atoms with van der Waals surface area (Å²) in [6, 6.07) is 6.64. The third-order valence-corrected chi connectivity index (χ3v) is 3.36. The lowest BCUT2D eigenvalue weighted by atomic mass is 10.2. The minimum absolute atomic E-state index is 0. The van der Waals surface area contributed by atoms with Crippen LogP contribution in [0.5, 0.6) is 0 Å². The van der Waals surface area contributed by atoms with Crippen molar-refractivity contribution in [3.8, 4) is 0 Å². The van der Waals surface area contributed by atoms with Gasteiger partial charge in [0.2, 0.25) is 0 Å². The third-order valence-electron chi connectivity index (χ3n) is 3.36. The first-order valence-electron chi connectivity index (χ1n) is 7.81. The fraction of sp³-hybridized carbons (Fsp3) is 0.412. The first kappa shape index (κ1) is 20.4. The molecule has 0 unspecified atom stereocenters. The molecule has 0 radical (unpaired) electrons. The topological polar surface area (TPSA) is 45.5 Å². The molecule has 132 valence electrons. The molecule has 0 spiro atoms. The van der Waals surface area contributed by atoms with Crippen LogP contribution in [-0.4, -0.2) is 40.8 Å². The van der Waals surface area contributed by atoms with Crippen molar-refractivity contribution in [3.63, 3.8) is 0 Å². The van der Waals surface area contributed by atoms with Gasteiger partial charge in [-0.25, -0.2) is 4.39 Å². The Balaban J connectivity index is 0.00000288. The molecule has 1 heterocycles. The molecular formula is C17H25FIN5. The van der Waals surface area contributed by atoms with E-state index < -0.39 is 0 Å². The van der Waals surface area contributed by atoms with E-state index in [1.165, 1.54) is 6.07 Å². The molecule has 0 saturated carbocycles. The van der Waals surface area contributed by atoms with Crippen molar-refractivity contribution in [2.45, 2.75) is 26.9 Å². The monoisotopic (exact) mass is 445 g/mol. The summed E-state index contributed by atoms with van der Waals surface area (Å²) in [7, 11) is 1.95. The van der Waals surface area contributed by atoms with E-state index in [-0.39, 0.29) is 29.8 Å². The third kappa shape index (κ3) is 6.46. The number of hydrogen-bond acceptors (Lipinski definition) is 2. The van der Waals surface area contributed by atoms with Gasteiger partial charge in [0.25, 0.3) is 0 Å².